The molecule has 0 aromatic rings. The van der Waals surface area contributed by atoms with Crippen LogP contribution in [-0.4, -0.2) is 0 Å². The van der Waals surface area contributed by atoms with Crippen LogP contribution in [-0.2, 0) is 36.5 Å². The van der Waals surface area contributed by atoms with Crippen molar-refractivity contribution >= 4 is 0 Å². The Morgan fingerprint density at radius 1 is 1.00 bits per heavy atom. The topological polar surface area (TPSA) is 47.6 Å². The van der Waals surface area contributed by atoms with Crippen molar-refractivity contribution in [1.29, 1.82) is 10.5 Å². The standard InChI is InChI=1S/C2N2.Cu.Zn/c3-1-2-4;;. The van der Waals surface area contributed by atoms with E-state index in [2.05, 4.69) is 0 Å². The van der Waals surface area contributed by atoms with Crippen LogP contribution in [0.1, 0.15) is 0 Å². The van der Waals surface area contributed by atoms with Crippen molar-refractivity contribution in [2.45, 2.75) is 0 Å². The van der Waals surface area contributed by atoms with Crippen molar-refractivity contribution in [1.82, 2.24) is 0 Å². The molecule has 0 aliphatic carbocycles. The molecular formula is C2CuN2Zn. The minimum Gasteiger partial charge on any atom is -0.181 e. The third kappa shape index (κ3) is 31.9. The van der Waals surface area contributed by atoms with Crippen molar-refractivity contribution in [3.05, 3.63) is 0 Å². The molecule has 31 valence electrons. The molecule has 0 spiro atoms. The van der Waals surface area contributed by atoms with Gasteiger partial charge in [-0.3, -0.25) is 0 Å². The van der Waals surface area contributed by atoms with Gasteiger partial charge < -0.3 is 0 Å². The van der Waals surface area contributed by atoms with Gasteiger partial charge in [0.1, 0.15) is 0 Å². The van der Waals surface area contributed by atoms with E-state index in [-0.39, 0.29) is 36.5 Å². The first-order chi connectivity index (χ1) is 1.91. The van der Waals surface area contributed by atoms with Crippen LogP contribution in [0, 0.1) is 22.7 Å². The maximum atomic E-state index is 7.26. The first kappa shape index (κ1) is 16.5. The summed E-state index contributed by atoms with van der Waals surface area (Å²) in [6.07, 6.45) is 0. The van der Waals surface area contributed by atoms with Crippen LogP contribution in [0.4, 0.5) is 0 Å². The van der Waals surface area contributed by atoms with E-state index in [9.17, 15) is 0 Å². The Balaban J connectivity index is -0.0000000450. The molecule has 0 fully saturated rings. The van der Waals surface area contributed by atoms with Gasteiger partial charge in [-0.15, -0.1) is 0 Å². The van der Waals surface area contributed by atoms with Crippen LogP contribution in [0.25, 0.3) is 0 Å². The van der Waals surface area contributed by atoms with Gasteiger partial charge in [-0.25, -0.2) is 0 Å². The van der Waals surface area contributed by atoms with E-state index >= 15 is 0 Å². The molecule has 0 rings (SSSR count). The van der Waals surface area contributed by atoms with E-state index in [1.165, 1.54) is 12.1 Å². The summed E-state index contributed by atoms with van der Waals surface area (Å²) < 4.78 is 0. The van der Waals surface area contributed by atoms with Gasteiger partial charge in [-0.2, -0.15) is 10.5 Å². The van der Waals surface area contributed by atoms with Gasteiger partial charge >= 0.3 is 0 Å². The zero-order valence-electron chi connectivity index (χ0n) is 2.90. The SMILES string of the molecule is N#CC#N.[Cu].[Zn]. The molecule has 6 heavy (non-hydrogen) atoms. The van der Waals surface area contributed by atoms with Crippen LogP contribution in [0.15, 0.2) is 0 Å². The second-order valence-corrected chi connectivity index (χ2v) is 0.224. The molecule has 0 atom stereocenters. The predicted molar refractivity (Wildman–Crippen MR) is 11.2 cm³/mol. The number of hydrogen-bond acceptors (Lipinski definition) is 2. The molecule has 0 N–H and O–H groups in total. The third-order valence-corrected chi connectivity index (χ3v) is 0.0500. The largest absolute Gasteiger partial charge is 0.181 e. The second-order valence-electron chi connectivity index (χ2n) is 0.224. The zero-order valence-corrected chi connectivity index (χ0v) is 6.81. The first-order valence-electron chi connectivity index (χ1n) is 0.697. The monoisotopic (exact) mass is 179 g/mol. The summed E-state index contributed by atoms with van der Waals surface area (Å²) in [5.74, 6) is 0. The van der Waals surface area contributed by atoms with Crippen LogP contribution in [0.2, 0.25) is 0 Å². The zero-order chi connectivity index (χ0) is 3.41. The average Bonchev–Trinajstić information content (AvgIpc) is 1.37. The van der Waals surface area contributed by atoms with Crippen LogP contribution in [0.5, 0.6) is 0 Å². The van der Waals surface area contributed by atoms with Gasteiger partial charge in [0.2, 0.25) is 0 Å². The van der Waals surface area contributed by atoms with Gasteiger partial charge in [0.05, 0.1) is 0 Å². The van der Waals surface area contributed by atoms with Crippen molar-refractivity contribution < 1.29 is 36.5 Å². The summed E-state index contributed by atoms with van der Waals surface area (Å²) >= 11 is 0. The van der Waals surface area contributed by atoms with Crippen molar-refractivity contribution in [2.24, 2.45) is 0 Å². The summed E-state index contributed by atoms with van der Waals surface area (Å²) in [6.45, 7) is 0. The van der Waals surface area contributed by atoms with E-state index < -0.39 is 0 Å². The van der Waals surface area contributed by atoms with E-state index in [0.29, 0.717) is 0 Å². The number of nitrogens with zero attached hydrogens (tertiary/aromatic N) is 2. The molecule has 0 aromatic heterocycles. The molecule has 2 nitrogen and oxygen atoms in total. The van der Waals surface area contributed by atoms with Crippen molar-refractivity contribution in [3.63, 3.8) is 0 Å². The smallest absolute Gasteiger partial charge is 0.181 e. The molecule has 1 radical (unpaired) electrons. The van der Waals surface area contributed by atoms with E-state index in [1.54, 1.807) is 0 Å². The fraction of sp³-hybridized carbons (Fsp3) is 0. The molecule has 0 aliphatic heterocycles. The number of rotatable bonds is 0. The molecule has 0 saturated carbocycles. The number of hydrogen-bond donors (Lipinski definition) is 0. The minimum absolute atomic E-state index is 0. The van der Waals surface area contributed by atoms with Gasteiger partial charge in [0.25, 0.3) is 0 Å². The third-order valence-electron chi connectivity index (χ3n) is 0.0500. The van der Waals surface area contributed by atoms with Gasteiger partial charge in [-0.05, 0) is 0 Å². The molecule has 0 saturated heterocycles. The first-order valence-corrected chi connectivity index (χ1v) is 0.697. The summed E-state index contributed by atoms with van der Waals surface area (Å²) in [5, 5.41) is 14.5. The summed E-state index contributed by atoms with van der Waals surface area (Å²) in [4.78, 5) is 0. The maximum Gasteiger partial charge on any atom is 0.181 e. The Hall–Kier alpha value is 0.123. The maximum absolute atomic E-state index is 7.26. The molecule has 4 heteroatoms. The van der Waals surface area contributed by atoms with Crippen LogP contribution >= 0.6 is 0 Å². The van der Waals surface area contributed by atoms with Gasteiger partial charge in [-0.1, -0.05) is 0 Å². The Bertz CT molecular complexity index is 66.5. The van der Waals surface area contributed by atoms with Crippen LogP contribution in [0.3, 0.4) is 0 Å². The summed E-state index contributed by atoms with van der Waals surface area (Å²) in [6, 6.07) is 2.47. The van der Waals surface area contributed by atoms with Crippen molar-refractivity contribution in [2.75, 3.05) is 0 Å². The normalized spacial score (nSPS) is 1.67. The Kier molecular flexibility index (Phi) is 53.1. The van der Waals surface area contributed by atoms with Gasteiger partial charge in [0, 0.05) is 36.5 Å². The predicted octanol–water partition coefficient (Wildman–Crippen LogP) is 0.0286. The van der Waals surface area contributed by atoms with E-state index in [4.69, 9.17) is 10.5 Å². The quantitative estimate of drug-likeness (QED) is 0.495. The minimum atomic E-state index is 0. The molecule has 0 amide bonds. The summed E-state index contributed by atoms with van der Waals surface area (Å²) in [5.41, 5.74) is 0. The van der Waals surface area contributed by atoms with Gasteiger partial charge in [0.15, 0.2) is 12.1 Å². The molecule has 0 heterocycles. The molecule has 0 aromatic carbocycles. The molecule has 0 aliphatic rings. The van der Waals surface area contributed by atoms with E-state index in [0.717, 1.165) is 0 Å². The van der Waals surface area contributed by atoms with E-state index in [1.807, 2.05) is 0 Å². The fourth-order valence-corrected chi connectivity index (χ4v) is 0. The molecule has 0 bridgehead atoms. The Morgan fingerprint density at radius 2 is 1.17 bits per heavy atom. The van der Waals surface area contributed by atoms with Crippen LogP contribution < -0.4 is 0 Å². The van der Waals surface area contributed by atoms with Crippen molar-refractivity contribution in [3.8, 4) is 12.1 Å². The average molecular weight is 181 g/mol. The Morgan fingerprint density at radius 3 is 1.17 bits per heavy atom. The summed E-state index contributed by atoms with van der Waals surface area (Å²) in [7, 11) is 0. The molecular weight excluding hydrogens is 181 g/mol. The molecule has 0 unspecified atom stereocenters. The second kappa shape index (κ2) is 19.3. The number of nitriles is 2. The fourth-order valence-electron chi connectivity index (χ4n) is 0. The Labute approximate surface area is 59.4 Å².